The van der Waals surface area contributed by atoms with E-state index in [9.17, 15) is 4.79 Å². The second-order valence-electron chi connectivity index (χ2n) is 4.93. The molecule has 0 spiro atoms. The number of benzene rings is 2. The lowest BCUT2D eigenvalue weighted by atomic mass is 10.1. The SMILES string of the molecule is CCCCN/C(=C\C(=O)c1ccccc1)c1ccccc1. The van der Waals surface area contributed by atoms with Crippen molar-refractivity contribution < 1.29 is 4.79 Å². The Morgan fingerprint density at radius 1 is 0.952 bits per heavy atom. The molecule has 0 saturated carbocycles. The minimum atomic E-state index is 0.0263. The standard InChI is InChI=1S/C19H21NO/c1-2-3-14-20-18(16-10-6-4-7-11-16)15-19(21)17-12-8-5-9-13-17/h4-13,15,20H,2-3,14H2,1H3/b18-15-. The predicted octanol–water partition coefficient (Wildman–Crippen LogP) is 4.30. The van der Waals surface area contributed by atoms with Crippen LogP contribution < -0.4 is 5.32 Å². The average molecular weight is 279 g/mol. The Morgan fingerprint density at radius 3 is 2.10 bits per heavy atom. The summed E-state index contributed by atoms with van der Waals surface area (Å²) in [4.78, 5) is 12.3. The molecule has 0 aliphatic carbocycles. The summed E-state index contributed by atoms with van der Waals surface area (Å²) < 4.78 is 0. The van der Waals surface area contributed by atoms with E-state index in [0.717, 1.165) is 30.6 Å². The van der Waals surface area contributed by atoms with Gasteiger partial charge in [-0.1, -0.05) is 74.0 Å². The van der Waals surface area contributed by atoms with Gasteiger partial charge in [0.2, 0.25) is 0 Å². The van der Waals surface area contributed by atoms with Crippen LogP contribution in [-0.2, 0) is 0 Å². The smallest absolute Gasteiger partial charge is 0.187 e. The molecule has 0 aliphatic heterocycles. The first-order chi connectivity index (χ1) is 10.3. The first-order valence-electron chi connectivity index (χ1n) is 7.41. The van der Waals surface area contributed by atoms with Gasteiger partial charge in [0.15, 0.2) is 5.78 Å². The Morgan fingerprint density at radius 2 is 1.52 bits per heavy atom. The quantitative estimate of drug-likeness (QED) is 0.465. The molecule has 2 nitrogen and oxygen atoms in total. The maximum atomic E-state index is 12.3. The third-order valence-corrected chi connectivity index (χ3v) is 3.26. The Hall–Kier alpha value is -2.35. The van der Waals surface area contributed by atoms with E-state index in [1.54, 1.807) is 6.08 Å². The molecule has 0 unspecified atom stereocenters. The monoisotopic (exact) mass is 279 g/mol. The van der Waals surface area contributed by atoms with E-state index in [-0.39, 0.29) is 5.78 Å². The summed E-state index contributed by atoms with van der Waals surface area (Å²) in [6.45, 7) is 3.03. The van der Waals surface area contributed by atoms with E-state index in [1.807, 2.05) is 60.7 Å². The average Bonchev–Trinajstić information content (AvgIpc) is 2.55. The Balaban J connectivity index is 2.22. The molecule has 0 aliphatic rings. The van der Waals surface area contributed by atoms with Gasteiger partial charge >= 0.3 is 0 Å². The lowest BCUT2D eigenvalue weighted by Crippen LogP contribution is -2.15. The third-order valence-electron chi connectivity index (χ3n) is 3.26. The van der Waals surface area contributed by atoms with Crippen LogP contribution in [-0.4, -0.2) is 12.3 Å². The van der Waals surface area contributed by atoms with Crippen LogP contribution >= 0.6 is 0 Å². The largest absolute Gasteiger partial charge is 0.384 e. The zero-order chi connectivity index (χ0) is 14.9. The molecular formula is C19H21NO. The molecule has 2 aromatic carbocycles. The fourth-order valence-corrected chi connectivity index (χ4v) is 2.07. The van der Waals surface area contributed by atoms with Gasteiger partial charge in [-0.25, -0.2) is 0 Å². The van der Waals surface area contributed by atoms with Gasteiger partial charge < -0.3 is 5.32 Å². The fraction of sp³-hybridized carbons (Fsp3) is 0.211. The summed E-state index contributed by atoms with van der Waals surface area (Å²) in [7, 11) is 0. The summed E-state index contributed by atoms with van der Waals surface area (Å²) in [5.41, 5.74) is 2.64. The van der Waals surface area contributed by atoms with Gasteiger partial charge in [0, 0.05) is 23.9 Å². The van der Waals surface area contributed by atoms with Gasteiger partial charge in [-0.2, -0.15) is 0 Å². The molecular weight excluding hydrogens is 258 g/mol. The van der Waals surface area contributed by atoms with E-state index in [2.05, 4.69) is 12.2 Å². The third kappa shape index (κ3) is 4.60. The zero-order valence-corrected chi connectivity index (χ0v) is 12.4. The van der Waals surface area contributed by atoms with Gasteiger partial charge in [-0.3, -0.25) is 4.79 Å². The van der Waals surface area contributed by atoms with Crippen molar-refractivity contribution in [1.29, 1.82) is 0 Å². The van der Waals surface area contributed by atoms with Crippen LogP contribution in [0.15, 0.2) is 66.7 Å². The Kier molecular flexibility index (Phi) is 5.77. The molecule has 2 aromatic rings. The van der Waals surface area contributed by atoms with Crippen molar-refractivity contribution in [3.63, 3.8) is 0 Å². The van der Waals surface area contributed by atoms with Crippen LogP contribution in [0.25, 0.3) is 5.70 Å². The zero-order valence-electron chi connectivity index (χ0n) is 12.4. The maximum absolute atomic E-state index is 12.3. The van der Waals surface area contributed by atoms with Crippen LogP contribution in [0.3, 0.4) is 0 Å². The van der Waals surface area contributed by atoms with Crippen molar-refractivity contribution in [3.05, 3.63) is 77.9 Å². The predicted molar refractivity (Wildman–Crippen MR) is 88.1 cm³/mol. The van der Waals surface area contributed by atoms with E-state index < -0.39 is 0 Å². The number of nitrogens with one attached hydrogen (secondary N) is 1. The summed E-state index contributed by atoms with van der Waals surface area (Å²) >= 11 is 0. The van der Waals surface area contributed by atoms with Crippen molar-refractivity contribution >= 4 is 11.5 Å². The first kappa shape index (κ1) is 15.0. The van der Waals surface area contributed by atoms with Crippen molar-refractivity contribution in [3.8, 4) is 0 Å². The number of hydrogen-bond donors (Lipinski definition) is 1. The highest BCUT2D eigenvalue weighted by molar-refractivity contribution is 6.08. The summed E-state index contributed by atoms with van der Waals surface area (Å²) in [6, 6.07) is 19.3. The molecule has 0 atom stereocenters. The van der Waals surface area contributed by atoms with Crippen LogP contribution in [0.5, 0.6) is 0 Å². The van der Waals surface area contributed by atoms with E-state index in [0.29, 0.717) is 5.56 Å². The number of unbranched alkanes of at least 4 members (excludes halogenated alkanes) is 1. The van der Waals surface area contributed by atoms with Gasteiger partial charge in [-0.15, -0.1) is 0 Å². The summed E-state index contributed by atoms with van der Waals surface area (Å²) in [5.74, 6) is 0.0263. The van der Waals surface area contributed by atoms with Crippen LogP contribution in [0, 0.1) is 0 Å². The van der Waals surface area contributed by atoms with Crippen molar-refractivity contribution in [2.75, 3.05) is 6.54 Å². The number of ketones is 1. The molecule has 2 rings (SSSR count). The highest BCUT2D eigenvalue weighted by atomic mass is 16.1. The molecule has 0 saturated heterocycles. The van der Waals surface area contributed by atoms with Crippen molar-refractivity contribution in [2.45, 2.75) is 19.8 Å². The van der Waals surface area contributed by atoms with E-state index in [1.165, 1.54) is 0 Å². The van der Waals surface area contributed by atoms with E-state index >= 15 is 0 Å². The molecule has 0 amide bonds. The molecule has 1 N–H and O–H groups in total. The number of carbonyl (C=O) groups is 1. The maximum Gasteiger partial charge on any atom is 0.187 e. The molecule has 0 heterocycles. The topological polar surface area (TPSA) is 29.1 Å². The molecule has 0 bridgehead atoms. The van der Waals surface area contributed by atoms with Gasteiger partial charge in [-0.05, 0) is 12.0 Å². The fourth-order valence-electron chi connectivity index (χ4n) is 2.07. The lowest BCUT2D eigenvalue weighted by molar-refractivity contribution is 0.104. The summed E-state index contributed by atoms with van der Waals surface area (Å²) in [5, 5.41) is 3.38. The van der Waals surface area contributed by atoms with Gasteiger partial charge in [0.05, 0.1) is 0 Å². The summed E-state index contributed by atoms with van der Waals surface area (Å²) in [6.07, 6.45) is 3.91. The Bertz CT molecular complexity index is 587. The molecule has 0 radical (unpaired) electrons. The molecule has 0 aromatic heterocycles. The van der Waals surface area contributed by atoms with Crippen LogP contribution in [0.4, 0.5) is 0 Å². The normalized spacial score (nSPS) is 11.2. The van der Waals surface area contributed by atoms with Gasteiger partial charge in [0.1, 0.15) is 0 Å². The highest BCUT2D eigenvalue weighted by Crippen LogP contribution is 2.13. The van der Waals surface area contributed by atoms with Gasteiger partial charge in [0.25, 0.3) is 0 Å². The minimum Gasteiger partial charge on any atom is -0.384 e. The number of hydrogen-bond acceptors (Lipinski definition) is 2. The molecule has 2 heteroatoms. The van der Waals surface area contributed by atoms with Crippen molar-refractivity contribution in [2.24, 2.45) is 0 Å². The van der Waals surface area contributed by atoms with Crippen molar-refractivity contribution in [1.82, 2.24) is 5.32 Å². The Labute approximate surface area is 126 Å². The molecule has 0 fully saturated rings. The molecule has 108 valence electrons. The second-order valence-corrected chi connectivity index (χ2v) is 4.93. The van der Waals surface area contributed by atoms with Crippen LogP contribution in [0.1, 0.15) is 35.7 Å². The number of rotatable bonds is 7. The number of carbonyl (C=O) groups excluding carboxylic acids is 1. The van der Waals surface area contributed by atoms with E-state index in [4.69, 9.17) is 0 Å². The second kappa shape index (κ2) is 8.05. The van der Waals surface area contributed by atoms with Crippen LogP contribution in [0.2, 0.25) is 0 Å². The highest BCUT2D eigenvalue weighted by Gasteiger charge is 2.06. The minimum absolute atomic E-state index is 0.0263. The first-order valence-corrected chi connectivity index (χ1v) is 7.41. The lowest BCUT2D eigenvalue weighted by Gasteiger charge is -2.11. The number of allylic oxidation sites excluding steroid dienone is 1. The molecule has 21 heavy (non-hydrogen) atoms.